The first-order valence-corrected chi connectivity index (χ1v) is 12.6. The van der Waals surface area contributed by atoms with Crippen molar-refractivity contribution in [3.05, 3.63) is 59.4 Å². The first-order chi connectivity index (χ1) is 15.3. The lowest BCUT2D eigenvalue weighted by atomic mass is 10.0. The third-order valence-electron chi connectivity index (χ3n) is 6.48. The molecule has 0 bridgehead atoms. The molecule has 2 aromatic carbocycles. The van der Waals surface area contributed by atoms with Gasteiger partial charge in [0.25, 0.3) is 0 Å². The lowest BCUT2D eigenvalue weighted by Crippen LogP contribution is -2.43. The van der Waals surface area contributed by atoms with Gasteiger partial charge in [-0.1, -0.05) is 25.5 Å². The molecule has 32 heavy (non-hydrogen) atoms. The summed E-state index contributed by atoms with van der Waals surface area (Å²) in [5, 5.41) is 3.80. The van der Waals surface area contributed by atoms with Crippen LogP contribution in [0.25, 0.3) is 11.0 Å². The number of hydrogen-bond acceptors (Lipinski definition) is 4. The minimum Gasteiger partial charge on any atom is -0.464 e. The fourth-order valence-electron chi connectivity index (χ4n) is 4.45. The third kappa shape index (κ3) is 4.32. The molecule has 1 N–H and O–H groups in total. The number of hydrogen-bond donors (Lipinski definition) is 1. The highest BCUT2D eigenvalue weighted by Crippen LogP contribution is 2.29. The first kappa shape index (κ1) is 22.6. The third-order valence-corrected chi connectivity index (χ3v) is 8.45. The van der Waals surface area contributed by atoms with Crippen LogP contribution in [0, 0.1) is 13.8 Å². The van der Waals surface area contributed by atoms with Crippen LogP contribution in [0.1, 0.15) is 49.3 Å². The van der Waals surface area contributed by atoms with E-state index in [1.165, 1.54) is 0 Å². The zero-order chi connectivity index (χ0) is 22.9. The Bertz CT molecular complexity index is 1230. The van der Waals surface area contributed by atoms with Gasteiger partial charge in [0.05, 0.1) is 17.6 Å². The van der Waals surface area contributed by atoms with E-state index in [2.05, 4.69) is 5.32 Å². The van der Waals surface area contributed by atoms with Gasteiger partial charge in [0.15, 0.2) is 0 Å². The molecule has 1 aliphatic rings. The summed E-state index contributed by atoms with van der Waals surface area (Å²) in [5.41, 5.74) is 4.43. The number of benzene rings is 2. The van der Waals surface area contributed by atoms with Gasteiger partial charge < -0.3 is 9.73 Å². The average molecular weight is 455 g/mol. The summed E-state index contributed by atoms with van der Waals surface area (Å²) >= 11 is 0. The predicted molar refractivity (Wildman–Crippen MR) is 126 cm³/mol. The zero-order valence-electron chi connectivity index (χ0n) is 18.8. The average Bonchev–Trinajstić information content (AvgIpc) is 3.19. The molecule has 1 aromatic heterocycles. The van der Waals surface area contributed by atoms with E-state index < -0.39 is 10.0 Å². The second-order valence-electron chi connectivity index (χ2n) is 8.57. The molecular weight excluding hydrogens is 424 g/mol. The second-order valence-corrected chi connectivity index (χ2v) is 10.5. The van der Waals surface area contributed by atoms with Crippen LogP contribution < -0.4 is 5.32 Å². The Kier molecular flexibility index (Phi) is 6.40. The Morgan fingerprint density at radius 2 is 1.88 bits per heavy atom. The molecule has 1 unspecified atom stereocenters. The lowest BCUT2D eigenvalue weighted by Gasteiger charge is -2.34. The van der Waals surface area contributed by atoms with Gasteiger partial charge in [0, 0.05) is 29.2 Å². The minimum atomic E-state index is -3.53. The van der Waals surface area contributed by atoms with Crippen LogP contribution in [-0.2, 0) is 21.2 Å². The topological polar surface area (TPSA) is 79.6 Å². The number of amides is 1. The van der Waals surface area contributed by atoms with E-state index in [1.54, 1.807) is 34.8 Å². The maximum absolute atomic E-state index is 13.1. The van der Waals surface area contributed by atoms with Crippen molar-refractivity contribution >= 4 is 32.6 Å². The van der Waals surface area contributed by atoms with Crippen LogP contribution in [0.15, 0.2) is 52.0 Å². The van der Waals surface area contributed by atoms with Crippen LogP contribution in [0.2, 0.25) is 0 Å². The Labute approximate surface area is 189 Å². The van der Waals surface area contributed by atoms with Crippen molar-refractivity contribution in [2.75, 3.05) is 11.9 Å². The number of piperidine rings is 1. The van der Waals surface area contributed by atoms with E-state index in [1.807, 2.05) is 32.9 Å². The molecule has 0 aliphatic carbocycles. The van der Waals surface area contributed by atoms with Gasteiger partial charge in [-0.25, -0.2) is 8.42 Å². The SMILES string of the molecule is CCC1CCCCN1S(=O)(=O)c1ccc(NC(=O)Cc2coc3c(C)c(C)ccc23)cc1. The molecule has 1 saturated heterocycles. The van der Waals surface area contributed by atoms with Crippen LogP contribution >= 0.6 is 0 Å². The Balaban J connectivity index is 1.46. The van der Waals surface area contributed by atoms with E-state index in [0.717, 1.165) is 53.3 Å². The summed E-state index contributed by atoms with van der Waals surface area (Å²) in [6, 6.07) is 10.5. The quantitative estimate of drug-likeness (QED) is 0.556. The summed E-state index contributed by atoms with van der Waals surface area (Å²) < 4.78 is 33.5. The smallest absolute Gasteiger partial charge is 0.243 e. The molecule has 1 amide bonds. The molecule has 2 heterocycles. The van der Waals surface area contributed by atoms with Crippen LogP contribution in [0.3, 0.4) is 0 Å². The number of anilines is 1. The van der Waals surface area contributed by atoms with Gasteiger partial charge >= 0.3 is 0 Å². The fourth-order valence-corrected chi connectivity index (χ4v) is 6.21. The standard InChI is InChI=1S/C25H30N2O4S/c1-4-21-7-5-6-14-27(21)32(29,30)22-11-9-20(10-12-22)26-24(28)15-19-16-31-25-18(3)17(2)8-13-23(19)25/h8-13,16,21H,4-7,14-15H2,1-3H3,(H,26,28). The maximum atomic E-state index is 13.1. The summed E-state index contributed by atoms with van der Waals surface area (Å²) in [6.45, 7) is 6.63. The highest BCUT2D eigenvalue weighted by molar-refractivity contribution is 7.89. The zero-order valence-corrected chi connectivity index (χ0v) is 19.7. The number of carbonyl (C=O) groups is 1. The van der Waals surface area contributed by atoms with Crippen molar-refractivity contribution in [1.29, 1.82) is 0 Å². The van der Waals surface area contributed by atoms with E-state index in [4.69, 9.17) is 4.42 Å². The lowest BCUT2D eigenvalue weighted by molar-refractivity contribution is -0.115. The van der Waals surface area contributed by atoms with Crippen molar-refractivity contribution in [1.82, 2.24) is 4.31 Å². The summed E-state index contributed by atoms with van der Waals surface area (Å²) in [6.07, 6.45) is 5.50. The number of aryl methyl sites for hydroxylation is 2. The number of rotatable bonds is 6. The second kappa shape index (κ2) is 9.08. The Morgan fingerprint density at radius 3 is 2.59 bits per heavy atom. The number of nitrogens with zero attached hydrogens (tertiary/aromatic N) is 1. The molecule has 0 saturated carbocycles. The predicted octanol–water partition coefficient (Wildman–Crippen LogP) is 5.18. The molecule has 1 fully saturated rings. The largest absolute Gasteiger partial charge is 0.464 e. The molecule has 7 heteroatoms. The van der Waals surface area contributed by atoms with Crippen LogP contribution in [-0.4, -0.2) is 31.2 Å². The van der Waals surface area contributed by atoms with Gasteiger partial charge in [-0.05, 0) is 68.5 Å². The normalized spacial score (nSPS) is 17.5. The molecular formula is C25H30N2O4S. The number of fused-ring (bicyclic) bond motifs is 1. The molecule has 0 spiro atoms. The monoisotopic (exact) mass is 454 g/mol. The van der Waals surface area contributed by atoms with Crippen molar-refractivity contribution in [2.45, 2.75) is 63.8 Å². The number of nitrogens with one attached hydrogen (secondary N) is 1. The van der Waals surface area contributed by atoms with E-state index in [-0.39, 0.29) is 23.3 Å². The van der Waals surface area contributed by atoms with Crippen LogP contribution in [0.4, 0.5) is 5.69 Å². The Morgan fingerprint density at radius 1 is 1.12 bits per heavy atom. The van der Waals surface area contributed by atoms with E-state index in [9.17, 15) is 13.2 Å². The van der Waals surface area contributed by atoms with Gasteiger partial charge in [-0.15, -0.1) is 0 Å². The summed E-state index contributed by atoms with van der Waals surface area (Å²) in [5.74, 6) is -0.177. The molecule has 1 atom stereocenters. The van der Waals surface area contributed by atoms with Crippen LogP contribution in [0.5, 0.6) is 0 Å². The fraction of sp³-hybridized carbons (Fsp3) is 0.400. The molecule has 6 nitrogen and oxygen atoms in total. The van der Waals surface area contributed by atoms with Crippen molar-refractivity contribution < 1.29 is 17.6 Å². The van der Waals surface area contributed by atoms with Gasteiger partial charge in [-0.2, -0.15) is 4.31 Å². The van der Waals surface area contributed by atoms with Crippen molar-refractivity contribution in [2.24, 2.45) is 0 Å². The molecule has 0 radical (unpaired) electrons. The number of furan rings is 1. The maximum Gasteiger partial charge on any atom is 0.243 e. The molecule has 170 valence electrons. The number of sulfonamides is 1. The highest BCUT2D eigenvalue weighted by Gasteiger charge is 2.32. The van der Waals surface area contributed by atoms with E-state index >= 15 is 0 Å². The summed E-state index contributed by atoms with van der Waals surface area (Å²) in [4.78, 5) is 12.9. The highest BCUT2D eigenvalue weighted by atomic mass is 32.2. The van der Waals surface area contributed by atoms with Crippen molar-refractivity contribution in [3.63, 3.8) is 0 Å². The number of carbonyl (C=O) groups excluding carboxylic acids is 1. The molecule has 4 rings (SSSR count). The molecule has 1 aliphatic heterocycles. The first-order valence-electron chi connectivity index (χ1n) is 11.2. The molecule has 3 aromatic rings. The van der Waals surface area contributed by atoms with Gasteiger partial charge in [0.2, 0.25) is 15.9 Å². The van der Waals surface area contributed by atoms with Crippen molar-refractivity contribution in [3.8, 4) is 0 Å². The minimum absolute atomic E-state index is 0.0605. The Hall–Kier alpha value is -2.64. The van der Waals surface area contributed by atoms with E-state index in [0.29, 0.717) is 12.2 Å². The van der Waals surface area contributed by atoms with Gasteiger partial charge in [-0.3, -0.25) is 4.79 Å². The van der Waals surface area contributed by atoms with Gasteiger partial charge in [0.1, 0.15) is 5.58 Å². The summed E-state index contributed by atoms with van der Waals surface area (Å²) in [7, 11) is -3.53.